The average molecular weight is 224 g/mol. The standard InChI is InChI=1S/C11H20N4O/c1-9(2)15-11(13-8-14-15)6-12-10-4-3-5-16-7-10/h8-10,12H,3-7H2,1-2H3. The summed E-state index contributed by atoms with van der Waals surface area (Å²) in [4.78, 5) is 4.27. The van der Waals surface area contributed by atoms with Gasteiger partial charge in [-0.05, 0) is 26.7 Å². The summed E-state index contributed by atoms with van der Waals surface area (Å²) in [6.07, 6.45) is 3.96. The topological polar surface area (TPSA) is 52.0 Å². The SMILES string of the molecule is CC(C)n1ncnc1CNC1CCCOC1. The molecule has 16 heavy (non-hydrogen) atoms. The molecule has 2 heterocycles. The molecule has 1 aliphatic heterocycles. The van der Waals surface area contributed by atoms with Gasteiger partial charge in [0.1, 0.15) is 12.2 Å². The summed E-state index contributed by atoms with van der Waals surface area (Å²) in [5.41, 5.74) is 0. The highest BCUT2D eigenvalue weighted by Crippen LogP contribution is 2.08. The molecule has 1 atom stereocenters. The highest BCUT2D eigenvalue weighted by Gasteiger charge is 2.14. The van der Waals surface area contributed by atoms with Crippen LogP contribution < -0.4 is 5.32 Å². The smallest absolute Gasteiger partial charge is 0.141 e. The first-order valence-electron chi connectivity index (χ1n) is 5.97. The molecule has 90 valence electrons. The van der Waals surface area contributed by atoms with Crippen LogP contribution in [0.25, 0.3) is 0 Å². The van der Waals surface area contributed by atoms with Crippen molar-refractivity contribution in [2.24, 2.45) is 0 Å². The molecule has 1 saturated heterocycles. The fourth-order valence-corrected chi connectivity index (χ4v) is 1.97. The number of hydrogen-bond acceptors (Lipinski definition) is 4. The number of aromatic nitrogens is 3. The fraction of sp³-hybridized carbons (Fsp3) is 0.818. The Morgan fingerprint density at radius 2 is 2.50 bits per heavy atom. The van der Waals surface area contributed by atoms with E-state index in [1.54, 1.807) is 6.33 Å². The first kappa shape index (κ1) is 11.5. The zero-order valence-electron chi connectivity index (χ0n) is 10.0. The zero-order chi connectivity index (χ0) is 11.4. The molecule has 0 bridgehead atoms. The van der Waals surface area contributed by atoms with Crippen LogP contribution in [0.2, 0.25) is 0 Å². The maximum absolute atomic E-state index is 5.42. The zero-order valence-corrected chi connectivity index (χ0v) is 10.0. The van der Waals surface area contributed by atoms with Gasteiger partial charge in [-0.15, -0.1) is 0 Å². The molecular formula is C11H20N4O. The summed E-state index contributed by atoms with van der Waals surface area (Å²) < 4.78 is 7.38. The Hall–Kier alpha value is -0.940. The van der Waals surface area contributed by atoms with E-state index in [-0.39, 0.29) is 0 Å². The van der Waals surface area contributed by atoms with Crippen molar-refractivity contribution in [1.29, 1.82) is 0 Å². The van der Waals surface area contributed by atoms with Crippen LogP contribution in [0.3, 0.4) is 0 Å². The van der Waals surface area contributed by atoms with Gasteiger partial charge in [-0.2, -0.15) is 5.10 Å². The van der Waals surface area contributed by atoms with Crippen molar-refractivity contribution in [3.63, 3.8) is 0 Å². The molecule has 1 N–H and O–H groups in total. The molecule has 1 unspecified atom stereocenters. The lowest BCUT2D eigenvalue weighted by atomic mass is 10.1. The van der Waals surface area contributed by atoms with Crippen molar-refractivity contribution in [3.8, 4) is 0 Å². The van der Waals surface area contributed by atoms with Crippen molar-refractivity contribution >= 4 is 0 Å². The molecule has 0 radical (unpaired) electrons. The third-order valence-electron chi connectivity index (χ3n) is 2.85. The third-order valence-corrected chi connectivity index (χ3v) is 2.85. The Labute approximate surface area is 96.2 Å². The van der Waals surface area contributed by atoms with Gasteiger partial charge < -0.3 is 10.1 Å². The van der Waals surface area contributed by atoms with E-state index in [0.717, 1.165) is 32.0 Å². The third kappa shape index (κ3) is 2.80. The summed E-state index contributed by atoms with van der Waals surface area (Å²) in [5.74, 6) is 1.00. The molecule has 5 nitrogen and oxygen atoms in total. The Morgan fingerprint density at radius 1 is 1.62 bits per heavy atom. The van der Waals surface area contributed by atoms with Crippen LogP contribution >= 0.6 is 0 Å². The molecule has 1 fully saturated rings. The molecule has 0 amide bonds. The maximum Gasteiger partial charge on any atom is 0.141 e. The fourth-order valence-electron chi connectivity index (χ4n) is 1.97. The van der Waals surface area contributed by atoms with E-state index in [9.17, 15) is 0 Å². The van der Waals surface area contributed by atoms with Crippen LogP contribution in [0.1, 0.15) is 38.6 Å². The van der Waals surface area contributed by atoms with E-state index in [4.69, 9.17) is 4.74 Å². The van der Waals surface area contributed by atoms with Gasteiger partial charge in [0, 0.05) is 18.7 Å². The van der Waals surface area contributed by atoms with Gasteiger partial charge in [0.05, 0.1) is 13.2 Å². The summed E-state index contributed by atoms with van der Waals surface area (Å²) in [7, 11) is 0. The molecule has 1 aromatic heterocycles. The van der Waals surface area contributed by atoms with E-state index in [2.05, 4.69) is 29.2 Å². The van der Waals surface area contributed by atoms with Gasteiger partial charge in [-0.1, -0.05) is 0 Å². The number of nitrogens with one attached hydrogen (secondary N) is 1. The second kappa shape index (κ2) is 5.41. The van der Waals surface area contributed by atoms with Crippen LogP contribution in [0.15, 0.2) is 6.33 Å². The first-order valence-corrected chi connectivity index (χ1v) is 5.97. The number of nitrogens with zero attached hydrogens (tertiary/aromatic N) is 3. The lowest BCUT2D eigenvalue weighted by Crippen LogP contribution is -2.37. The van der Waals surface area contributed by atoms with E-state index in [0.29, 0.717) is 12.1 Å². The van der Waals surface area contributed by atoms with Gasteiger partial charge in [0.15, 0.2) is 0 Å². The molecule has 0 saturated carbocycles. The van der Waals surface area contributed by atoms with Crippen molar-refractivity contribution in [1.82, 2.24) is 20.1 Å². The molecular weight excluding hydrogens is 204 g/mol. The van der Waals surface area contributed by atoms with Crippen LogP contribution in [0.5, 0.6) is 0 Å². The highest BCUT2D eigenvalue weighted by molar-refractivity contribution is 4.87. The average Bonchev–Trinajstić information content (AvgIpc) is 2.76. The van der Waals surface area contributed by atoms with Gasteiger partial charge in [-0.3, -0.25) is 0 Å². The van der Waals surface area contributed by atoms with Crippen molar-refractivity contribution < 1.29 is 4.74 Å². The van der Waals surface area contributed by atoms with Crippen LogP contribution in [0, 0.1) is 0 Å². The Bertz CT molecular complexity index is 318. The Kier molecular flexibility index (Phi) is 3.90. The lowest BCUT2D eigenvalue weighted by molar-refractivity contribution is 0.0695. The van der Waals surface area contributed by atoms with Gasteiger partial charge in [0.25, 0.3) is 0 Å². The Balaban J connectivity index is 1.86. The summed E-state index contributed by atoms with van der Waals surface area (Å²) >= 11 is 0. The summed E-state index contributed by atoms with van der Waals surface area (Å²) in [5, 5.41) is 7.68. The van der Waals surface area contributed by atoms with Crippen molar-refractivity contribution in [2.45, 2.75) is 45.3 Å². The molecule has 0 aromatic carbocycles. The highest BCUT2D eigenvalue weighted by atomic mass is 16.5. The summed E-state index contributed by atoms with van der Waals surface area (Å²) in [6, 6.07) is 0.827. The number of rotatable bonds is 4. The summed E-state index contributed by atoms with van der Waals surface area (Å²) in [6.45, 7) is 6.71. The minimum atomic E-state index is 0.363. The molecule has 5 heteroatoms. The number of ether oxygens (including phenoxy) is 1. The largest absolute Gasteiger partial charge is 0.380 e. The maximum atomic E-state index is 5.42. The van der Waals surface area contributed by atoms with E-state index >= 15 is 0 Å². The first-order chi connectivity index (χ1) is 7.77. The molecule has 0 spiro atoms. The minimum Gasteiger partial charge on any atom is -0.380 e. The van der Waals surface area contributed by atoms with Crippen molar-refractivity contribution in [3.05, 3.63) is 12.2 Å². The van der Waals surface area contributed by atoms with Crippen molar-refractivity contribution in [2.75, 3.05) is 13.2 Å². The normalized spacial score (nSPS) is 21.6. The van der Waals surface area contributed by atoms with Crippen LogP contribution in [-0.4, -0.2) is 34.0 Å². The molecule has 1 aliphatic rings. The number of hydrogen-bond donors (Lipinski definition) is 1. The van der Waals surface area contributed by atoms with Gasteiger partial charge in [-0.25, -0.2) is 9.67 Å². The van der Waals surface area contributed by atoms with Crippen LogP contribution in [-0.2, 0) is 11.3 Å². The van der Waals surface area contributed by atoms with E-state index < -0.39 is 0 Å². The molecule has 1 aromatic rings. The quantitative estimate of drug-likeness (QED) is 0.833. The predicted octanol–water partition coefficient (Wildman–Crippen LogP) is 1.13. The van der Waals surface area contributed by atoms with Crippen LogP contribution in [0.4, 0.5) is 0 Å². The predicted molar refractivity (Wildman–Crippen MR) is 61.1 cm³/mol. The van der Waals surface area contributed by atoms with Gasteiger partial charge in [0.2, 0.25) is 0 Å². The van der Waals surface area contributed by atoms with E-state index in [1.165, 1.54) is 6.42 Å². The Morgan fingerprint density at radius 3 is 3.19 bits per heavy atom. The second-order valence-corrected chi connectivity index (χ2v) is 4.51. The lowest BCUT2D eigenvalue weighted by Gasteiger charge is -2.23. The van der Waals surface area contributed by atoms with Gasteiger partial charge >= 0.3 is 0 Å². The van der Waals surface area contributed by atoms with E-state index in [1.807, 2.05) is 4.68 Å². The molecule has 0 aliphatic carbocycles. The second-order valence-electron chi connectivity index (χ2n) is 4.51. The minimum absolute atomic E-state index is 0.363. The monoisotopic (exact) mass is 224 g/mol. The molecule has 2 rings (SSSR count).